The number of esters is 1. The fraction of sp³-hybridized carbons (Fsp3) is 0.222. The Morgan fingerprint density at radius 2 is 2.31 bits per heavy atom. The van der Waals surface area contributed by atoms with Crippen LogP contribution < -0.4 is 0 Å². The van der Waals surface area contributed by atoms with Crippen molar-refractivity contribution in [3.05, 3.63) is 35.9 Å². The van der Waals surface area contributed by atoms with E-state index in [0.717, 1.165) is 17.3 Å². The van der Waals surface area contributed by atoms with E-state index in [1.54, 1.807) is 25.1 Å². The average molecular weight is 250 g/mol. The molecule has 0 atom stereocenters. The van der Waals surface area contributed by atoms with Crippen molar-refractivity contribution < 1.29 is 26.8 Å². The van der Waals surface area contributed by atoms with Crippen molar-refractivity contribution in [1.29, 1.82) is 0 Å². The molecule has 66 valence electrons. The third kappa shape index (κ3) is 5.02. The van der Waals surface area contributed by atoms with Crippen LogP contribution in [-0.4, -0.2) is 12.6 Å². The van der Waals surface area contributed by atoms with E-state index < -0.39 is 0 Å². The molecule has 4 heteroatoms. The van der Waals surface area contributed by atoms with Crippen molar-refractivity contribution in [2.75, 3.05) is 6.61 Å². The van der Waals surface area contributed by atoms with E-state index in [1.165, 1.54) is 0 Å². The summed E-state index contributed by atoms with van der Waals surface area (Å²) < 4.78 is 4.76. The Morgan fingerprint density at radius 1 is 1.62 bits per heavy atom. The average Bonchev–Trinajstić information content (AvgIpc) is 2.23. The molecule has 0 bridgehead atoms. The van der Waals surface area contributed by atoms with Gasteiger partial charge in [0, 0.05) is 0 Å². The van der Waals surface area contributed by atoms with Crippen LogP contribution in [0.2, 0.25) is 0 Å². The van der Waals surface area contributed by atoms with Gasteiger partial charge in [0.15, 0.2) is 0 Å². The van der Waals surface area contributed by atoms with Crippen LogP contribution >= 0.6 is 9.69 Å². The van der Waals surface area contributed by atoms with Gasteiger partial charge in [0.2, 0.25) is 5.97 Å². The van der Waals surface area contributed by atoms with Gasteiger partial charge in [0.1, 0.15) is 0 Å². The maximum absolute atomic E-state index is 11.0. The third-order valence-corrected chi connectivity index (χ3v) is 1.20. The summed E-state index contributed by atoms with van der Waals surface area (Å²) in [5.74, 6) is -0.312. The summed E-state index contributed by atoms with van der Waals surface area (Å²) >= 11 is 0.847. The van der Waals surface area contributed by atoms with E-state index in [1.807, 2.05) is 6.07 Å². The van der Waals surface area contributed by atoms with Crippen LogP contribution in [0.4, 0.5) is 0 Å². The molecule has 1 aromatic rings. The molecule has 0 aliphatic heterocycles. The molecule has 0 amide bonds. The molecular formula is C9H9ClO2Zn. The van der Waals surface area contributed by atoms with E-state index in [4.69, 9.17) is 14.4 Å². The van der Waals surface area contributed by atoms with Crippen LogP contribution in [-0.2, 0) is 22.0 Å². The van der Waals surface area contributed by atoms with E-state index >= 15 is 0 Å². The van der Waals surface area contributed by atoms with Crippen molar-refractivity contribution in [2.24, 2.45) is 0 Å². The van der Waals surface area contributed by atoms with Gasteiger partial charge in [-0.3, -0.25) is 0 Å². The van der Waals surface area contributed by atoms with Crippen LogP contribution in [0.3, 0.4) is 0 Å². The van der Waals surface area contributed by atoms with Crippen molar-refractivity contribution in [1.82, 2.24) is 0 Å². The molecule has 2 nitrogen and oxygen atoms in total. The molecule has 0 aromatic heterocycles. The molecule has 0 unspecified atom stereocenters. The predicted molar refractivity (Wildman–Crippen MR) is 47.1 cm³/mol. The number of halogens is 1. The second-order valence-electron chi connectivity index (χ2n) is 2.00. The van der Waals surface area contributed by atoms with E-state index in [-0.39, 0.29) is 5.97 Å². The fourth-order valence-electron chi connectivity index (χ4n) is 0.729. The van der Waals surface area contributed by atoms with E-state index in [0.29, 0.717) is 12.2 Å². The summed E-state index contributed by atoms with van der Waals surface area (Å²) in [6, 6.07) is 9.73. The molecule has 1 rings (SSSR count). The summed E-state index contributed by atoms with van der Waals surface area (Å²) in [5, 5.41) is 0. The standard InChI is InChI=1S/C9H9O2.ClH.Zn/c1-2-11-9(10)8-6-4-3-5-7-8;;/h3-6H,2H2,1H3;1H;/q-1;;+2/p-1. The SMILES string of the molecule is CCOC(=O)c1[c-]cccc1.[Cl][Zn+]. The summed E-state index contributed by atoms with van der Waals surface area (Å²) in [6.45, 7) is 2.18. The molecule has 0 spiro atoms. The van der Waals surface area contributed by atoms with Crippen molar-refractivity contribution in [2.45, 2.75) is 6.92 Å². The maximum atomic E-state index is 11.0. The van der Waals surface area contributed by atoms with Gasteiger partial charge in [-0.05, 0) is 6.92 Å². The Hall–Kier alpha value is -0.397. The van der Waals surface area contributed by atoms with Crippen molar-refractivity contribution >= 4 is 15.7 Å². The topological polar surface area (TPSA) is 26.3 Å². The first-order valence-corrected chi connectivity index (χ1v) is 7.65. The van der Waals surface area contributed by atoms with Crippen LogP contribution in [0.5, 0.6) is 0 Å². The Morgan fingerprint density at radius 3 is 2.77 bits per heavy atom. The second-order valence-corrected chi connectivity index (χ2v) is 2.00. The first-order valence-electron chi connectivity index (χ1n) is 3.75. The molecule has 0 heterocycles. The molecule has 0 radical (unpaired) electrons. The molecule has 0 N–H and O–H groups in total. The fourth-order valence-corrected chi connectivity index (χ4v) is 0.729. The predicted octanol–water partition coefficient (Wildman–Crippen LogP) is 2.35. The summed E-state index contributed by atoms with van der Waals surface area (Å²) in [4.78, 5) is 11.0. The molecule has 0 saturated carbocycles. The van der Waals surface area contributed by atoms with Gasteiger partial charge in [-0.15, -0.1) is 30.3 Å². The first kappa shape index (κ1) is 12.6. The summed E-state index contributed by atoms with van der Waals surface area (Å²) in [7, 11) is 4.76. The van der Waals surface area contributed by atoms with Gasteiger partial charge in [0.05, 0.1) is 6.61 Å². The zero-order valence-electron chi connectivity index (χ0n) is 7.42. The summed E-state index contributed by atoms with van der Waals surface area (Å²) in [5.41, 5.74) is 0.481. The Labute approximate surface area is 92.0 Å². The number of hydrogen-bond acceptors (Lipinski definition) is 2. The minimum atomic E-state index is -0.312. The van der Waals surface area contributed by atoms with Crippen LogP contribution in [0.15, 0.2) is 24.3 Å². The minimum absolute atomic E-state index is 0.312. The van der Waals surface area contributed by atoms with Crippen molar-refractivity contribution in [3.8, 4) is 0 Å². The molecule has 1 aromatic carbocycles. The molecule has 13 heavy (non-hydrogen) atoms. The Bertz CT molecular complexity index is 239. The number of benzene rings is 1. The zero-order chi connectivity index (χ0) is 10.1. The summed E-state index contributed by atoms with van der Waals surface area (Å²) in [6.07, 6.45) is 0. The second kappa shape index (κ2) is 8.21. The van der Waals surface area contributed by atoms with E-state index in [2.05, 4.69) is 6.07 Å². The Kier molecular flexibility index (Phi) is 7.96. The van der Waals surface area contributed by atoms with Crippen LogP contribution in [0.25, 0.3) is 0 Å². The number of rotatable bonds is 2. The molecule has 0 aliphatic carbocycles. The Balaban J connectivity index is 0.000000671. The number of hydrogen-bond donors (Lipinski definition) is 0. The van der Waals surface area contributed by atoms with Gasteiger partial charge in [-0.1, -0.05) is 5.56 Å². The van der Waals surface area contributed by atoms with Gasteiger partial charge < -0.3 is 9.53 Å². The van der Waals surface area contributed by atoms with E-state index in [9.17, 15) is 4.79 Å². The third-order valence-electron chi connectivity index (χ3n) is 1.20. The molecule has 0 fully saturated rings. The monoisotopic (exact) mass is 248 g/mol. The van der Waals surface area contributed by atoms with Gasteiger partial charge in [-0.25, -0.2) is 0 Å². The number of carbonyl (C=O) groups is 1. The van der Waals surface area contributed by atoms with Crippen molar-refractivity contribution in [3.63, 3.8) is 0 Å². The number of ether oxygens (including phenoxy) is 1. The number of carbonyl (C=O) groups excluding carboxylic acids is 1. The molecule has 0 aliphatic rings. The quantitative estimate of drug-likeness (QED) is 0.457. The van der Waals surface area contributed by atoms with Crippen LogP contribution in [0.1, 0.15) is 17.3 Å². The zero-order valence-corrected chi connectivity index (χ0v) is 11.1. The first-order chi connectivity index (χ1) is 6.34. The van der Waals surface area contributed by atoms with Gasteiger partial charge in [0.25, 0.3) is 0 Å². The molecular weight excluding hydrogens is 241 g/mol. The van der Waals surface area contributed by atoms with Gasteiger partial charge >= 0.3 is 27.0 Å². The normalized spacial score (nSPS) is 8.31. The molecule has 0 saturated heterocycles. The van der Waals surface area contributed by atoms with Crippen LogP contribution in [0, 0.1) is 6.07 Å². The van der Waals surface area contributed by atoms with Gasteiger partial charge in [-0.2, -0.15) is 0 Å².